The molecular weight excluding hydrogens is 265 g/mol. The summed E-state index contributed by atoms with van der Waals surface area (Å²) in [6.45, 7) is 1.93. The number of halogens is 1. The Morgan fingerprint density at radius 1 is 1.58 bits per heavy atom. The number of rotatable bonds is 1. The Hall–Kier alpha value is -0.600. The minimum atomic E-state index is 0.0375. The molecule has 0 fully saturated rings. The first-order valence-corrected chi connectivity index (χ1v) is 4.57. The summed E-state index contributed by atoms with van der Waals surface area (Å²) in [5, 5.41) is 17.6. The van der Waals surface area contributed by atoms with E-state index in [2.05, 4.69) is 28.7 Å². The second-order valence-electron chi connectivity index (χ2n) is 2.52. The standard InChI is InChI=1S/C9H8INO/c1-6-2-7(4-11)3-9(10)8(6)5-12/h2-3,12H,5H2,1H3. The smallest absolute Gasteiger partial charge is 0.0992 e. The molecule has 0 unspecified atom stereocenters. The molecule has 0 saturated carbocycles. The molecule has 0 atom stereocenters. The van der Waals surface area contributed by atoms with Crippen LogP contribution in [0, 0.1) is 21.8 Å². The second kappa shape index (κ2) is 3.87. The Kier molecular flexibility index (Phi) is 3.06. The molecule has 0 aliphatic carbocycles. The fourth-order valence-electron chi connectivity index (χ4n) is 1.04. The molecule has 1 N–H and O–H groups in total. The summed E-state index contributed by atoms with van der Waals surface area (Å²) in [6, 6.07) is 5.64. The van der Waals surface area contributed by atoms with Crippen LogP contribution in [0.25, 0.3) is 0 Å². The van der Waals surface area contributed by atoms with Gasteiger partial charge in [0.1, 0.15) is 0 Å². The van der Waals surface area contributed by atoms with E-state index in [1.165, 1.54) is 0 Å². The van der Waals surface area contributed by atoms with Gasteiger partial charge in [-0.3, -0.25) is 0 Å². The first-order valence-electron chi connectivity index (χ1n) is 3.49. The van der Waals surface area contributed by atoms with E-state index in [4.69, 9.17) is 10.4 Å². The number of hydrogen-bond donors (Lipinski definition) is 1. The molecule has 0 radical (unpaired) electrons. The SMILES string of the molecule is Cc1cc(C#N)cc(I)c1CO. The zero-order valence-corrected chi connectivity index (χ0v) is 8.79. The van der Waals surface area contributed by atoms with E-state index in [1.54, 1.807) is 12.1 Å². The molecule has 1 aromatic carbocycles. The van der Waals surface area contributed by atoms with E-state index in [0.29, 0.717) is 5.56 Å². The van der Waals surface area contributed by atoms with Crippen LogP contribution in [0.2, 0.25) is 0 Å². The number of aliphatic hydroxyl groups is 1. The summed E-state index contributed by atoms with van der Waals surface area (Å²) in [5.41, 5.74) is 2.53. The lowest BCUT2D eigenvalue weighted by Gasteiger charge is -2.05. The summed E-state index contributed by atoms with van der Waals surface area (Å²) in [5.74, 6) is 0. The molecule has 0 bridgehead atoms. The van der Waals surface area contributed by atoms with Gasteiger partial charge in [-0.15, -0.1) is 0 Å². The van der Waals surface area contributed by atoms with Gasteiger partial charge in [-0.25, -0.2) is 0 Å². The lowest BCUT2D eigenvalue weighted by atomic mass is 10.1. The van der Waals surface area contributed by atoms with Gasteiger partial charge in [0, 0.05) is 3.57 Å². The van der Waals surface area contributed by atoms with Gasteiger partial charge in [-0.05, 0) is 52.8 Å². The molecule has 0 aromatic heterocycles. The average Bonchev–Trinajstić information content (AvgIpc) is 2.03. The number of aryl methyl sites for hydroxylation is 1. The molecule has 3 heteroatoms. The summed E-state index contributed by atoms with van der Waals surface area (Å²) < 4.78 is 0.951. The first kappa shape index (κ1) is 9.49. The number of nitrogens with zero attached hydrogens (tertiary/aromatic N) is 1. The van der Waals surface area contributed by atoms with Gasteiger partial charge in [0.25, 0.3) is 0 Å². The Labute approximate surface area is 85.0 Å². The molecule has 0 aliphatic rings. The number of hydrogen-bond acceptors (Lipinski definition) is 2. The third kappa shape index (κ3) is 1.76. The van der Waals surface area contributed by atoms with Gasteiger partial charge < -0.3 is 5.11 Å². The molecule has 62 valence electrons. The molecule has 0 heterocycles. The Morgan fingerprint density at radius 2 is 2.25 bits per heavy atom. The fourth-order valence-corrected chi connectivity index (χ4v) is 1.97. The largest absolute Gasteiger partial charge is 0.392 e. The maximum absolute atomic E-state index is 8.98. The van der Waals surface area contributed by atoms with Crippen molar-refractivity contribution in [3.63, 3.8) is 0 Å². The Bertz CT molecular complexity index is 318. The zero-order valence-electron chi connectivity index (χ0n) is 6.63. The van der Waals surface area contributed by atoms with Crippen molar-refractivity contribution in [2.45, 2.75) is 13.5 Å². The van der Waals surface area contributed by atoms with Crippen LogP contribution >= 0.6 is 22.6 Å². The molecule has 2 nitrogen and oxygen atoms in total. The van der Waals surface area contributed by atoms with Crippen LogP contribution in [0.5, 0.6) is 0 Å². The highest BCUT2D eigenvalue weighted by atomic mass is 127. The van der Waals surface area contributed by atoms with Crippen LogP contribution < -0.4 is 0 Å². The quantitative estimate of drug-likeness (QED) is 0.795. The second-order valence-corrected chi connectivity index (χ2v) is 3.69. The predicted molar refractivity (Wildman–Crippen MR) is 54.5 cm³/mol. The topological polar surface area (TPSA) is 44.0 Å². The summed E-state index contributed by atoms with van der Waals surface area (Å²) in [6.07, 6.45) is 0. The number of nitriles is 1. The van der Waals surface area contributed by atoms with Gasteiger partial charge in [-0.1, -0.05) is 0 Å². The highest BCUT2D eigenvalue weighted by molar-refractivity contribution is 14.1. The van der Waals surface area contributed by atoms with Gasteiger partial charge in [0.05, 0.1) is 18.2 Å². The average molecular weight is 273 g/mol. The summed E-state index contributed by atoms with van der Waals surface area (Å²) in [7, 11) is 0. The lowest BCUT2D eigenvalue weighted by Crippen LogP contribution is -1.94. The van der Waals surface area contributed by atoms with Crippen LogP contribution in [0.1, 0.15) is 16.7 Å². The molecule has 0 amide bonds. The minimum absolute atomic E-state index is 0.0375. The van der Waals surface area contributed by atoms with E-state index in [-0.39, 0.29) is 6.61 Å². The molecule has 1 rings (SSSR count). The van der Waals surface area contributed by atoms with Crippen molar-refractivity contribution in [1.82, 2.24) is 0 Å². The van der Waals surface area contributed by atoms with Gasteiger partial charge >= 0.3 is 0 Å². The van der Waals surface area contributed by atoms with Crippen LogP contribution in [0.4, 0.5) is 0 Å². The maximum Gasteiger partial charge on any atom is 0.0992 e. The van der Waals surface area contributed by atoms with Gasteiger partial charge in [0.15, 0.2) is 0 Å². The van der Waals surface area contributed by atoms with Crippen molar-refractivity contribution in [1.29, 1.82) is 5.26 Å². The Balaban J connectivity index is 3.30. The van der Waals surface area contributed by atoms with E-state index in [0.717, 1.165) is 14.7 Å². The van der Waals surface area contributed by atoms with Crippen molar-refractivity contribution >= 4 is 22.6 Å². The summed E-state index contributed by atoms with van der Waals surface area (Å²) >= 11 is 2.12. The third-order valence-electron chi connectivity index (χ3n) is 1.71. The summed E-state index contributed by atoms with van der Waals surface area (Å²) in [4.78, 5) is 0. The highest BCUT2D eigenvalue weighted by Crippen LogP contribution is 2.18. The van der Waals surface area contributed by atoms with Crippen molar-refractivity contribution in [2.24, 2.45) is 0 Å². The molecule has 0 spiro atoms. The van der Waals surface area contributed by atoms with Crippen molar-refractivity contribution < 1.29 is 5.11 Å². The van der Waals surface area contributed by atoms with E-state index in [1.807, 2.05) is 6.92 Å². The van der Waals surface area contributed by atoms with Gasteiger partial charge in [-0.2, -0.15) is 5.26 Å². The highest BCUT2D eigenvalue weighted by Gasteiger charge is 2.04. The Morgan fingerprint density at radius 3 is 2.67 bits per heavy atom. The van der Waals surface area contributed by atoms with Crippen LogP contribution in [-0.2, 0) is 6.61 Å². The first-order chi connectivity index (χ1) is 5.69. The third-order valence-corrected chi connectivity index (χ3v) is 2.67. The molecular formula is C9H8INO. The van der Waals surface area contributed by atoms with Crippen molar-refractivity contribution in [3.8, 4) is 6.07 Å². The molecule has 0 saturated heterocycles. The normalized spacial score (nSPS) is 9.50. The van der Waals surface area contributed by atoms with Crippen molar-refractivity contribution in [2.75, 3.05) is 0 Å². The van der Waals surface area contributed by atoms with E-state index < -0.39 is 0 Å². The zero-order chi connectivity index (χ0) is 9.14. The molecule has 0 aliphatic heterocycles. The van der Waals surface area contributed by atoms with Crippen LogP contribution in [-0.4, -0.2) is 5.11 Å². The molecule has 1 aromatic rings. The predicted octanol–water partition coefficient (Wildman–Crippen LogP) is 1.96. The van der Waals surface area contributed by atoms with Crippen LogP contribution in [0.3, 0.4) is 0 Å². The van der Waals surface area contributed by atoms with Gasteiger partial charge in [0.2, 0.25) is 0 Å². The fraction of sp³-hybridized carbons (Fsp3) is 0.222. The van der Waals surface area contributed by atoms with E-state index in [9.17, 15) is 0 Å². The van der Waals surface area contributed by atoms with Crippen molar-refractivity contribution in [3.05, 3.63) is 32.4 Å². The number of benzene rings is 1. The molecule has 12 heavy (non-hydrogen) atoms. The van der Waals surface area contributed by atoms with E-state index >= 15 is 0 Å². The van der Waals surface area contributed by atoms with Crippen LogP contribution in [0.15, 0.2) is 12.1 Å². The maximum atomic E-state index is 8.98. The lowest BCUT2D eigenvalue weighted by molar-refractivity contribution is 0.280. The minimum Gasteiger partial charge on any atom is -0.392 e. The monoisotopic (exact) mass is 273 g/mol. The number of aliphatic hydroxyl groups excluding tert-OH is 1.